The molecule has 2 aromatic carbocycles. The first-order valence-electron chi connectivity index (χ1n) is 12.5. The van der Waals surface area contributed by atoms with Crippen molar-refractivity contribution in [3.8, 4) is 23.0 Å². The summed E-state index contributed by atoms with van der Waals surface area (Å²) in [7, 11) is 0. The number of aliphatic carboxylic acids is 1. The average Bonchev–Trinajstić information content (AvgIpc) is 2.88. The van der Waals surface area contributed by atoms with E-state index in [0.29, 0.717) is 43.8 Å². The van der Waals surface area contributed by atoms with Gasteiger partial charge in [0.15, 0.2) is 0 Å². The van der Waals surface area contributed by atoms with E-state index in [0.717, 1.165) is 6.08 Å². The lowest BCUT2D eigenvalue weighted by Gasteiger charge is -2.36. The third-order valence-corrected chi connectivity index (χ3v) is 6.95. The minimum absolute atomic E-state index is 0.0555. The molecule has 1 heterocycles. The molecule has 0 spiro atoms. The normalized spacial score (nSPS) is 15.9. The molecule has 0 fully saturated rings. The second kappa shape index (κ2) is 11.8. The van der Waals surface area contributed by atoms with Crippen LogP contribution in [0.1, 0.15) is 58.9 Å². The Labute approximate surface area is 225 Å². The molecule has 1 atom stereocenters. The maximum absolute atomic E-state index is 13.8. The van der Waals surface area contributed by atoms with Crippen molar-refractivity contribution in [1.82, 2.24) is 0 Å². The summed E-state index contributed by atoms with van der Waals surface area (Å²) in [5.74, 6) is 0.249. The van der Waals surface area contributed by atoms with Crippen molar-refractivity contribution in [3.05, 3.63) is 53.1 Å². The lowest BCUT2D eigenvalue weighted by atomic mass is 9.88. The molecule has 6 nitrogen and oxygen atoms in total. The van der Waals surface area contributed by atoms with E-state index in [2.05, 4.69) is 0 Å². The van der Waals surface area contributed by atoms with Gasteiger partial charge in [-0.25, -0.2) is 4.79 Å². The van der Waals surface area contributed by atoms with E-state index >= 15 is 0 Å². The van der Waals surface area contributed by atoms with Crippen LogP contribution in [0.15, 0.2) is 42.5 Å². The van der Waals surface area contributed by atoms with Crippen LogP contribution in [0, 0.1) is 0 Å². The number of alkyl halides is 3. The quantitative estimate of drug-likeness (QED) is 0.270. The number of hydrogen-bond donors (Lipinski definition) is 1. The second-order valence-corrected chi connectivity index (χ2v) is 9.63. The van der Waals surface area contributed by atoms with E-state index < -0.39 is 28.9 Å². The van der Waals surface area contributed by atoms with Gasteiger partial charge >= 0.3 is 12.1 Å². The number of carboxylic acids is 1. The summed E-state index contributed by atoms with van der Waals surface area (Å²) in [4.78, 5) is 11.4. The van der Waals surface area contributed by atoms with Crippen molar-refractivity contribution in [1.29, 1.82) is 0 Å². The average molecular weight is 557 g/mol. The molecule has 1 aliphatic rings. The van der Waals surface area contributed by atoms with Gasteiger partial charge in [-0.05, 0) is 62.6 Å². The summed E-state index contributed by atoms with van der Waals surface area (Å²) in [5, 5.41) is 9.39. The van der Waals surface area contributed by atoms with Gasteiger partial charge in [0.25, 0.3) is 0 Å². The molecule has 0 radical (unpaired) electrons. The van der Waals surface area contributed by atoms with Crippen molar-refractivity contribution in [2.24, 2.45) is 0 Å². The van der Waals surface area contributed by atoms with Gasteiger partial charge in [0.05, 0.1) is 23.8 Å². The van der Waals surface area contributed by atoms with Crippen molar-refractivity contribution in [2.75, 3.05) is 13.2 Å². The third kappa shape index (κ3) is 6.67. The van der Waals surface area contributed by atoms with Crippen LogP contribution in [0.25, 0.3) is 5.57 Å². The topological polar surface area (TPSA) is 74.2 Å². The van der Waals surface area contributed by atoms with Gasteiger partial charge < -0.3 is 24.1 Å². The maximum Gasteiger partial charge on any atom is 0.416 e. The molecule has 0 amide bonds. The highest BCUT2D eigenvalue weighted by molar-refractivity contribution is 6.32. The zero-order valence-electron chi connectivity index (χ0n) is 21.8. The third-order valence-electron chi connectivity index (χ3n) is 6.66. The van der Waals surface area contributed by atoms with Crippen LogP contribution in [0.2, 0.25) is 5.02 Å². The van der Waals surface area contributed by atoms with Crippen LogP contribution in [-0.4, -0.2) is 41.7 Å². The molecule has 0 aliphatic carbocycles. The highest BCUT2D eigenvalue weighted by Gasteiger charge is 2.43. The fourth-order valence-electron chi connectivity index (χ4n) is 3.92. The Hall–Kier alpha value is -3.07. The van der Waals surface area contributed by atoms with E-state index in [9.17, 15) is 23.1 Å². The van der Waals surface area contributed by atoms with E-state index in [1.165, 1.54) is 19.1 Å². The molecule has 0 aromatic heterocycles. The number of fused-ring (bicyclic) bond motifs is 1. The summed E-state index contributed by atoms with van der Waals surface area (Å²) in [6.45, 7) is 7.32. The van der Waals surface area contributed by atoms with E-state index in [1.807, 2.05) is 0 Å². The molecule has 3 rings (SSSR count). The number of halogens is 4. The summed E-state index contributed by atoms with van der Waals surface area (Å²) < 4.78 is 64.4. The molecule has 38 heavy (non-hydrogen) atoms. The van der Waals surface area contributed by atoms with Gasteiger partial charge in [-0.1, -0.05) is 32.4 Å². The summed E-state index contributed by atoms with van der Waals surface area (Å²) in [6.07, 6.45) is -1.86. The Bertz CT molecular complexity index is 1160. The van der Waals surface area contributed by atoms with E-state index in [4.69, 9.17) is 30.5 Å². The van der Waals surface area contributed by atoms with Crippen molar-refractivity contribution < 1.29 is 42.0 Å². The van der Waals surface area contributed by atoms with Crippen molar-refractivity contribution in [3.63, 3.8) is 0 Å². The summed E-state index contributed by atoms with van der Waals surface area (Å²) >= 11 is 6.26. The number of hydrogen-bond acceptors (Lipinski definition) is 5. The lowest BCUT2D eigenvalue weighted by Crippen LogP contribution is -2.40. The van der Waals surface area contributed by atoms with E-state index in [-0.39, 0.29) is 28.7 Å². The zero-order valence-corrected chi connectivity index (χ0v) is 22.5. The number of allylic oxidation sites excluding steroid dienone is 1. The Morgan fingerprint density at radius 3 is 2.18 bits per heavy atom. The highest BCUT2D eigenvalue weighted by Crippen LogP contribution is 2.48. The van der Waals surface area contributed by atoms with Crippen molar-refractivity contribution in [2.45, 2.75) is 70.8 Å². The van der Waals surface area contributed by atoms with Gasteiger partial charge in [0.1, 0.15) is 28.6 Å². The Morgan fingerprint density at radius 1 is 1.03 bits per heavy atom. The Morgan fingerprint density at radius 2 is 1.63 bits per heavy atom. The fourth-order valence-corrected chi connectivity index (χ4v) is 4.14. The molecule has 0 saturated heterocycles. The number of rotatable bonds is 12. The number of benzene rings is 2. The largest absolute Gasteiger partial charge is 0.493 e. The molecule has 0 saturated carbocycles. The molecule has 10 heteroatoms. The molecule has 1 N–H and O–H groups in total. The van der Waals surface area contributed by atoms with Gasteiger partial charge in [-0.15, -0.1) is 0 Å². The lowest BCUT2D eigenvalue weighted by molar-refractivity contribution is -0.154. The number of ether oxygens (including phenoxy) is 4. The van der Waals surface area contributed by atoms with Gasteiger partial charge in [-0.2, -0.15) is 13.2 Å². The van der Waals surface area contributed by atoms with Crippen LogP contribution in [-0.2, 0) is 4.79 Å². The van der Waals surface area contributed by atoms with E-state index in [1.54, 1.807) is 45.0 Å². The van der Waals surface area contributed by atoms with Crippen LogP contribution in [0.5, 0.6) is 23.0 Å². The molecule has 0 bridgehead atoms. The number of carbonyl (C=O) groups is 1. The van der Waals surface area contributed by atoms with Crippen LogP contribution >= 0.6 is 11.6 Å². The van der Waals surface area contributed by atoms with Crippen LogP contribution in [0.4, 0.5) is 13.2 Å². The Kier molecular flexibility index (Phi) is 9.13. The van der Waals surface area contributed by atoms with Gasteiger partial charge in [0.2, 0.25) is 5.60 Å². The summed E-state index contributed by atoms with van der Waals surface area (Å²) in [5.41, 5.74) is -3.24. The Balaban J connectivity index is 1.59. The fraction of sp³-hybridized carbons (Fsp3) is 0.464. The smallest absolute Gasteiger partial charge is 0.416 e. The van der Waals surface area contributed by atoms with Gasteiger partial charge in [0, 0.05) is 18.1 Å². The minimum Gasteiger partial charge on any atom is -0.493 e. The monoisotopic (exact) mass is 556 g/mol. The molecule has 0 unspecified atom stereocenters. The first kappa shape index (κ1) is 29.5. The molecule has 1 aliphatic heterocycles. The highest BCUT2D eigenvalue weighted by atomic mass is 35.5. The predicted molar refractivity (Wildman–Crippen MR) is 138 cm³/mol. The van der Waals surface area contributed by atoms with Crippen molar-refractivity contribution >= 4 is 23.1 Å². The SMILES string of the molecule is CCC1(CC)C=C(C(F)(F)F)c2cc(Cl)c(OCCCOc3ccc(O[C@](C)(CC)C(=O)O)cc3)cc2O1. The summed E-state index contributed by atoms with van der Waals surface area (Å²) in [6, 6.07) is 9.25. The molecule has 2 aromatic rings. The first-order valence-corrected chi connectivity index (χ1v) is 12.8. The minimum atomic E-state index is -4.55. The maximum atomic E-state index is 13.8. The van der Waals surface area contributed by atoms with Gasteiger partial charge in [-0.3, -0.25) is 0 Å². The number of carboxylic acid groups (broad SMARTS) is 1. The molecular formula is C28H32ClF3O6. The second-order valence-electron chi connectivity index (χ2n) is 9.22. The van der Waals surface area contributed by atoms with Crippen LogP contribution < -0.4 is 18.9 Å². The standard InChI is InChI=1S/C28H32ClF3O6/c1-5-26(4,25(33)34)37-19-11-9-18(10-12-19)35-13-8-14-36-24-16-23-20(15-22(24)29)21(28(30,31)32)17-27(6-2,7-3)38-23/h9-12,15-17H,5-8,13-14H2,1-4H3,(H,33,34)/t26-/m1/s1. The molecule has 208 valence electrons. The first-order chi connectivity index (χ1) is 17.9. The molecular weight excluding hydrogens is 525 g/mol. The zero-order chi connectivity index (χ0) is 28.1. The van der Waals surface area contributed by atoms with Crippen LogP contribution in [0.3, 0.4) is 0 Å². The predicted octanol–water partition coefficient (Wildman–Crippen LogP) is 7.72.